The summed E-state index contributed by atoms with van der Waals surface area (Å²) < 4.78 is 102. The Morgan fingerprint density at radius 2 is 1.03 bits per heavy atom. The van der Waals surface area contributed by atoms with Crippen molar-refractivity contribution in [3.8, 4) is 0 Å². The van der Waals surface area contributed by atoms with Gasteiger partial charge < -0.3 is 9.47 Å². The molecule has 1 saturated heterocycles. The second kappa shape index (κ2) is 6.68. The molecule has 5 rings (SSSR count). The van der Waals surface area contributed by atoms with Gasteiger partial charge in [-0.3, -0.25) is 0 Å². The molecule has 5 aliphatic rings. The molecule has 2 nitrogen and oxygen atoms in total. The maximum absolute atomic E-state index is 15.2. The van der Waals surface area contributed by atoms with Gasteiger partial charge in [0.25, 0.3) is 0 Å². The Kier molecular flexibility index (Phi) is 4.83. The number of hydrogen-bond acceptors (Lipinski definition) is 4. The standard InChI is InChI=1S/C23H24F6O2S2/c1-9-10(2)31-8-14-12(4)33-18-16-15(21(24,25)23(28,29)22(16,26)27)17-19(5,20(14,18)6)13(7-30-9)11(3)32-17/h9-10H,7-8H2,1-6H3/t9-,10-,19+,20+/m1/s1. The van der Waals surface area contributed by atoms with E-state index >= 15 is 17.6 Å². The lowest BCUT2D eigenvalue weighted by Gasteiger charge is -2.51. The van der Waals surface area contributed by atoms with Crippen LogP contribution in [-0.4, -0.2) is 43.2 Å². The molecule has 0 unspecified atom stereocenters. The molecule has 0 radical (unpaired) electrons. The first kappa shape index (κ1) is 23.9. The third-order valence-corrected chi connectivity index (χ3v) is 11.0. The van der Waals surface area contributed by atoms with Crippen LogP contribution in [0.25, 0.3) is 0 Å². The van der Waals surface area contributed by atoms with Crippen LogP contribution in [0.3, 0.4) is 0 Å². The van der Waals surface area contributed by atoms with Gasteiger partial charge in [0, 0.05) is 31.8 Å². The molecule has 33 heavy (non-hydrogen) atoms. The Morgan fingerprint density at radius 1 is 0.697 bits per heavy atom. The number of thioether (sulfide) groups is 2. The summed E-state index contributed by atoms with van der Waals surface area (Å²) in [7, 11) is 0. The highest BCUT2D eigenvalue weighted by Crippen LogP contribution is 2.79. The molecule has 0 N–H and O–H groups in total. The van der Waals surface area contributed by atoms with E-state index in [4.69, 9.17) is 9.47 Å². The molecule has 182 valence electrons. The number of hydrogen-bond donors (Lipinski definition) is 0. The van der Waals surface area contributed by atoms with Gasteiger partial charge in [-0.1, -0.05) is 23.5 Å². The number of rotatable bonds is 0. The van der Waals surface area contributed by atoms with Crippen molar-refractivity contribution < 1.29 is 35.8 Å². The van der Waals surface area contributed by atoms with Crippen molar-refractivity contribution in [3.05, 3.63) is 41.9 Å². The van der Waals surface area contributed by atoms with E-state index in [1.54, 1.807) is 27.7 Å². The maximum Gasteiger partial charge on any atom is 0.380 e. The smallest absolute Gasteiger partial charge is 0.371 e. The topological polar surface area (TPSA) is 18.5 Å². The molecule has 0 amide bonds. The summed E-state index contributed by atoms with van der Waals surface area (Å²) >= 11 is 1.79. The fourth-order valence-electron chi connectivity index (χ4n) is 5.80. The molecule has 0 aromatic heterocycles. The zero-order chi connectivity index (χ0) is 24.5. The third-order valence-electron chi connectivity index (χ3n) is 8.24. The minimum Gasteiger partial charge on any atom is -0.371 e. The normalized spacial score (nSPS) is 41.1. The van der Waals surface area contributed by atoms with Gasteiger partial charge in [0.15, 0.2) is 0 Å². The number of allylic oxidation sites excluding steroid dienone is 6. The monoisotopic (exact) mass is 510 g/mol. The van der Waals surface area contributed by atoms with Gasteiger partial charge in [-0.05, 0) is 62.5 Å². The van der Waals surface area contributed by atoms with Crippen LogP contribution in [0.1, 0.15) is 41.5 Å². The summed E-state index contributed by atoms with van der Waals surface area (Å²) in [4.78, 5) is 0.976. The first-order chi connectivity index (χ1) is 15.1. The lowest BCUT2D eigenvalue weighted by atomic mass is 9.54. The predicted molar refractivity (Wildman–Crippen MR) is 117 cm³/mol. The van der Waals surface area contributed by atoms with Crippen LogP contribution in [0.2, 0.25) is 0 Å². The van der Waals surface area contributed by atoms with E-state index in [9.17, 15) is 8.78 Å². The van der Waals surface area contributed by atoms with E-state index in [0.717, 1.165) is 23.5 Å². The Labute approximate surface area is 196 Å². The van der Waals surface area contributed by atoms with E-state index < -0.39 is 39.7 Å². The highest BCUT2D eigenvalue weighted by atomic mass is 32.2. The van der Waals surface area contributed by atoms with Crippen molar-refractivity contribution in [1.29, 1.82) is 0 Å². The number of fused-ring (bicyclic) bond motifs is 1. The fourth-order valence-corrected chi connectivity index (χ4v) is 8.91. The highest BCUT2D eigenvalue weighted by Gasteiger charge is 2.85. The Bertz CT molecular complexity index is 1020. The van der Waals surface area contributed by atoms with Gasteiger partial charge in [-0.25, -0.2) is 0 Å². The number of ether oxygens (including phenoxy) is 2. The molecule has 3 aliphatic heterocycles. The van der Waals surface area contributed by atoms with Crippen molar-refractivity contribution in [3.63, 3.8) is 0 Å². The zero-order valence-electron chi connectivity index (χ0n) is 19.0. The lowest BCUT2D eigenvalue weighted by Crippen LogP contribution is -2.47. The summed E-state index contributed by atoms with van der Waals surface area (Å²) in [6.45, 7) is 10.6. The van der Waals surface area contributed by atoms with Crippen LogP contribution in [0.15, 0.2) is 41.9 Å². The molecule has 2 fully saturated rings. The van der Waals surface area contributed by atoms with Gasteiger partial charge in [-0.15, -0.1) is 0 Å². The van der Waals surface area contributed by atoms with Gasteiger partial charge in [-0.2, -0.15) is 26.3 Å². The largest absolute Gasteiger partial charge is 0.380 e. The van der Waals surface area contributed by atoms with Crippen molar-refractivity contribution in [2.75, 3.05) is 13.2 Å². The number of halogens is 6. The summed E-state index contributed by atoms with van der Waals surface area (Å²) in [5.41, 5.74) is -3.60. The van der Waals surface area contributed by atoms with Gasteiger partial charge in [0.05, 0.1) is 25.4 Å². The van der Waals surface area contributed by atoms with Crippen LogP contribution < -0.4 is 0 Å². The molecule has 0 bridgehead atoms. The van der Waals surface area contributed by atoms with E-state index in [1.165, 1.54) is 0 Å². The number of alkyl halides is 6. The van der Waals surface area contributed by atoms with Crippen molar-refractivity contribution in [1.82, 2.24) is 0 Å². The fraction of sp³-hybridized carbons (Fsp3) is 0.652. The van der Waals surface area contributed by atoms with Crippen molar-refractivity contribution >= 4 is 23.5 Å². The summed E-state index contributed by atoms with van der Waals surface area (Å²) in [6, 6.07) is 0. The van der Waals surface area contributed by atoms with Crippen LogP contribution in [0.5, 0.6) is 0 Å². The van der Waals surface area contributed by atoms with E-state index in [0.29, 0.717) is 21.0 Å². The Hall–Kier alpha value is -0.840. The minimum absolute atomic E-state index is 0.0640. The van der Waals surface area contributed by atoms with Crippen molar-refractivity contribution in [2.24, 2.45) is 10.8 Å². The van der Waals surface area contributed by atoms with E-state index in [1.807, 2.05) is 13.8 Å². The predicted octanol–water partition coefficient (Wildman–Crippen LogP) is 7.31. The van der Waals surface area contributed by atoms with Crippen LogP contribution >= 0.6 is 23.5 Å². The molecular weight excluding hydrogens is 486 g/mol. The quantitative estimate of drug-likeness (QED) is 0.318. The average molecular weight is 511 g/mol. The molecule has 3 heterocycles. The lowest BCUT2D eigenvalue weighted by molar-refractivity contribution is -0.258. The molecule has 1 saturated carbocycles. The third kappa shape index (κ3) is 2.44. The maximum atomic E-state index is 15.2. The van der Waals surface area contributed by atoms with Crippen LogP contribution in [0, 0.1) is 10.8 Å². The summed E-state index contributed by atoms with van der Waals surface area (Å²) in [5.74, 6) is -15.5. The van der Waals surface area contributed by atoms with Crippen LogP contribution in [0.4, 0.5) is 26.3 Å². The summed E-state index contributed by atoms with van der Waals surface area (Å²) in [6.07, 6.45) is -0.628. The molecule has 2 aliphatic carbocycles. The van der Waals surface area contributed by atoms with Gasteiger partial charge >= 0.3 is 17.8 Å². The Morgan fingerprint density at radius 3 is 1.36 bits per heavy atom. The summed E-state index contributed by atoms with van der Waals surface area (Å²) in [5, 5.41) is 0. The molecule has 0 aromatic carbocycles. The second-order valence-corrected chi connectivity index (χ2v) is 12.1. The van der Waals surface area contributed by atoms with E-state index in [2.05, 4.69) is 0 Å². The molecule has 0 spiro atoms. The van der Waals surface area contributed by atoms with Crippen molar-refractivity contribution in [2.45, 2.75) is 71.5 Å². The van der Waals surface area contributed by atoms with E-state index in [-0.39, 0.29) is 35.2 Å². The van der Waals surface area contributed by atoms with Gasteiger partial charge in [0.2, 0.25) is 0 Å². The first-order valence-electron chi connectivity index (χ1n) is 10.7. The highest BCUT2D eigenvalue weighted by molar-refractivity contribution is 8.07. The first-order valence-corrected chi connectivity index (χ1v) is 12.3. The minimum atomic E-state index is -5.53. The molecule has 10 heteroatoms. The van der Waals surface area contributed by atoms with Crippen LogP contribution in [-0.2, 0) is 9.47 Å². The molecule has 0 aromatic rings. The molecular formula is C23H24F6O2S2. The van der Waals surface area contributed by atoms with Gasteiger partial charge in [0.1, 0.15) is 0 Å². The zero-order valence-corrected chi connectivity index (χ0v) is 20.6. The SMILES string of the molecule is CC1=C2CO[C@H](C)[C@@H](C)OCC3=C(C)SC4=C5C(=C(S1)[C@@]2(C)[C@@]34C)C(F)(F)C(F)(F)C5(F)F. The second-order valence-electron chi connectivity index (χ2n) is 9.69. The molecule has 4 atom stereocenters. The average Bonchev–Trinajstić information content (AvgIpc) is 3.16. The Balaban J connectivity index is 1.89.